The normalized spacial score (nSPS) is 12.3. The summed E-state index contributed by atoms with van der Waals surface area (Å²) in [6.07, 6.45) is 56.8. The largest absolute Gasteiger partial charge is 0.480 e. The van der Waals surface area contributed by atoms with Crippen LogP contribution in [0, 0.1) is 0 Å². The Labute approximate surface area is 371 Å². The number of nitrogens with zero attached hydrogens (tertiary/aromatic N) is 1. The van der Waals surface area contributed by atoms with E-state index in [1.54, 1.807) is 0 Å². The van der Waals surface area contributed by atoms with Crippen LogP contribution in [0.4, 0.5) is 0 Å². The minimum absolute atomic E-state index is 0.0573. The Morgan fingerprint density at radius 3 is 0.831 bits per heavy atom. The van der Waals surface area contributed by atoms with E-state index in [-0.39, 0.29) is 12.1 Å². The molecule has 0 radical (unpaired) electrons. The van der Waals surface area contributed by atoms with Gasteiger partial charge in [-0.25, -0.2) is 0 Å². The molecule has 0 aliphatic heterocycles. The topological polar surface area (TPSA) is 92.6 Å². The second-order valence-corrected chi connectivity index (χ2v) is 19.5. The van der Waals surface area contributed by atoms with Gasteiger partial charge in [0, 0.05) is 24.2 Å². The van der Waals surface area contributed by atoms with Crippen molar-refractivity contribution in [1.82, 2.24) is 4.90 Å². The Morgan fingerprint density at radius 1 is 0.390 bits per heavy atom. The van der Waals surface area contributed by atoms with E-state index in [0.29, 0.717) is 13.1 Å². The molecule has 5 N–H and O–H groups in total. The van der Waals surface area contributed by atoms with Crippen LogP contribution in [-0.4, -0.2) is 46.7 Å². The number of nitrogens with two attached hydrogens (primary N) is 2. The van der Waals surface area contributed by atoms with E-state index in [1.165, 1.54) is 231 Å². The van der Waals surface area contributed by atoms with Crippen LogP contribution in [0.2, 0.25) is 0 Å². The first-order chi connectivity index (χ1) is 28.9. The van der Waals surface area contributed by atoms with Crippen molar-refractivity contribution in [2.24, 2.45) is 11.5 Å². The van der Waals surface area contributed by atoms with Gasteiger partial charge in [-0.1, -0.05) is 285 Å². The lowest BCUT2D eigenvalue weighted by molar-refractivity contribution is -0.142. The predicted octanol–water partition coefficient (Wildman–Crippen LogP) is 17.0. The maximum absolute atomic E-state index is 12.7. The van der Waals surface area contributed by atoms with Crippen molar-refractivity contribution in [2.45, 2.75) is 321 Å². The molecule has 0 aromatic rings. The standard InChI is InChI=1S/C54H111N3O2/c1-5-9-13-17-21-25-29-33-37-41-45-53(56,46-42-38-34-30-26-22-18-14-10-6-2)54(57(50-49-55)51-52(58)59,47-43-39-35-31-27-23-19-15-11-7-3)48-44-40-36-32-28-24-20-16-12-8-4/h5-51,55-56H2,1-4H3,(H,58,59). The van der Waals surface area contributed by atoms with Crippen LogP contribution < -0.4 is 11.5 Å². The van der Waals surface area contributed by atoms with Gasteiger partial charge in [0.05, 0.1) is 6.54 Å². The first-order valence-corrected chi connectivity index (χ1v) is 27.3. The molecule has 5 heteroatoms. The third-order valence-electron chi connectivity index (χ3n) is 14.1. The van der Waals surface area contributed by atoms with Crippen molar-refractivity contribution >= 4 is 5.97 Å². The highest BCUT2D eigenvalue weighted by Crippen LogP contribution is 2.43. The average Bonchev–Trinajstić information content (AvgIpc) is 3.22. The monoisotopic (exact) mass is 834 g/mol. The Morgan fingerprint density at radius 2 is 0.610 bits per heavy atom. The molecule has 59 heavy (non-hydrogen) atoms. The Hall–Kier alpha value is -0.650. The molecule has 5 nitrogen and oxygen atoms in total. The van der Waals surface area contributed by atoms with E-state index >= 15 is 0 Å². The summed E-state index contributed by atoms with van der Waals surface area (Å²) in [7, 11) is 0. The molecule has 0 atom stereocenters. The van der Waals surface area contributed by atoms with Crippen molar-refractivity contribution in [3.63, 3.8) is 0 Å². The summed E-state index contributed by atoms with van der Waals surface area (Å²) in [6, 6.07) is 0. The maximum Gasteiger partial charge on any atom is 0.317 e. The number of aliphatic carboxylic acids is 1. The molecule has 0 aliphatic carbocycles. The minimum atomic E-state index is -0.728. The van der Waals surface area contributed by atoms with Gasteiger partial charge in [-0.3, -0.25) is 9.69 Å². The van der Waals surface area contributed by atoms with Gasteiger partial charge in [-0.05, 0) is 25.7 Å². The lowest BCUT2D eigenvalue weighted by Crippen LogP contribution is -2.70. The predicted molar refractivity (Wildman–Crippen MR) is 264 cm³/mol. The number of unbranched alkanes of at least 4 members (excludes halogenated alkanes) is 36. The molecule has 0 bridgehead atoms. The fourth-order valence-electron chi connectivity index (χ4n) is 10.3. The fourth-order valence-corrected chi connectivity index (χ4v) is 10.3. The van der Waals surface area contributed by atoms with Crippen LogP contribution in [0.5, 0.6) is 0 Å². The van der Waals surface area contributed by atoms with Crippen molar-refractivity contribution in [2.75, 3.05) is 19.6 Å². The molecule has 0 unspecified atom stereocenters. The van der Waals surface area contributed by atoms with Crippen LogP contribution in [0.25, 0.3) is 0 Å². The van der Waals surface area contributed by atoms with Crippen molar-refractivity contribution in [3.05, 3.63) is 0 Å². The third kappa shape index (κ3) is 32.7. The van der Waals surface area contributed by atoms with Crippen molar-refractivity contribution in [3.8, 4) is 0 Å². The van der Waals surface area contributed by atoms with E-state index in [4.69, 9.17) is 11.5 Å². The molecule has 0 aromatic carbocycles. The highest BCUT2D eigenvalue weighted by molar-refractivity contribution is 5.69. The van der Waals surface area contributed by atoms with Gasteiger partial charge < -0.3 is 16.6 Å². The first-order valence-electron chi connectivity index (χ1n) is 27.3. The number of hydrogen-bond donors (Lipinski definition) is 3. The summed E-state index contributed by atoms with van der Waals surface area (Å²) in [6.45, 7) is 10.4. The number of hydrogen-bond acceptors (Lipinski definition) is 4. The molecule has 354 valence electrons. The van der Waals surface area contributed by atoms with E-state index in [2.05, 4.69) is 32.6 Å². The zero-order chi connectivity index (χ0) is 43.4. The smallest absolute Gasteiger partial charge is 0.317 e. The van der Waals surface area contributed by atoms with Crippen LogP contribution in [-0.2, 0) is 4.79 Å². The summed E-state index contributed by atoms with van der Waals surface area (Å²) in [4.78, 5) is 15.0. The molecular formula is C54H111N3O2. The van der Waals surface area contributed by atoms with Gasteiger partial charge in [-0.15, -0.1) is 0 Å². The van der Waals surface area contributed by atoms with Gasteiger partial charge in [0.25, 0.3) is 0 Å². The number of carboxylic acid groups (broad SMARTS) is 1. The molecule has 0 aliphatic rings. The van der Waals surface area contributed by atoms with Crippen molar-refractivity contribution in [1.29, 1.82) is 0 Å². The highest BCUT2D eigenvalue weighted by Gasteiger charge is 2.51. The molecular weight excluding hydrogens is 723 g/mol. The molecule has 0 aromatic heterocycles. The molecule has 0 heterocycles. The van der Waals surface area contributed by atoms with E-state index in [9.17, 15) is 9.90 Å². The maximum atomic E-state index is 12.7. The first kappa shape index (κ1) is 58.4. The highest BCUT2D eigenvalue weighted by atomic mass is 16.4. The van der Waals surface area contributed by atoms with Gasteiger partial charge in [0.1, 0.15) is 0 Å². The quantitative estimate of drug-likeness (QED) is 0.0531. The van der Waals surface area contributed by atoms with E-state index in [1.807, 2.05) is 0 Å². The second-order valence-electron chi connectivity index (χ2n) is 19.5. The van der Waals surface area contributed by atoms with Crippen LogP contribution in [0.3, 0.4) is 0 Å². The van der Waals surface area contributed by atoms with E-state index in [0.717, 1.165) is 51.4 Å². The number of carboxylic acids is 1. The Kier molecular flexibility index (Phi) is 43.5. The van der Waals surface area contributed by atoms with Crippen LogP contribution in [0.15, 0.2) is 0 Å². The van der Waals surface area contributed by atoms with Gasteiger partial charge in [0.15, 0.2) is 0 Å². The third-order valence-corrected chi connectivity index (χ3v) is 14.1. The summed E-state index contributed by atoms with van der Waals surface area (Å²) >= 11 is 0. The summed E-state index contributed by atoms with van der Waals surface area (Å²) in [5, 5.41) is 10.4. The summed E-state index contributed by atoms with van der Waals surface area (Å²) in [5.74, 6) is -0.728. The lowest BCUT2D eigenvalue weighted by Gasteiger charge is -2.56. The van der Waals surface area contributed by atoms with Crippen LogP contribution in [0.1, 0.15) is 310 Å². The second kappa shape index (κ2) is 44.0. The molecule has 0 saturated carbocycles. The average molecular weight is 835 g/mol. The SMILES string of the molecule is CCCCCCCCCCCCC(N)(CCCCCCCCCCCC)C(CCCCCCCCCCCC)(CCCCCCCCCCCC)N(CCN)CC(=O)O. The van der Waals surface area contributed by atoms with Gasteiger partial charge in [-0.2, -0.15) is 0 Å². The molecule has 0 saturated heterocycles. The molecule has 0 spiro atoms. The van der Waals surface area contributed by atoms with Crippen LogP contribution >= 0.6 is 0 Å². The Balaban J connectivity index is 6.13. The zero-order valence-electron chi connectivity index (χ0n) is 41.2. The Bertz CT molecular complexity index is 801. The fraction of sp³-hybridized carbons (Fsp3) is 0.981. The molecule has 0 fully saturated rings. The van der Waals surface area contributed by atoms with Gasteiger partial charge >= 0.3 is 5.97 Å². The van der Waals surface area contributed by atoms with Gasteiger partial charge in [0.2, 0.25) is 0 Å². The molecule has 0 amide bonds. The molecule has 0 rings (SSSR count). The summed E-state index contributed by atoms with van der Waals surface area (Å²) < 4.78 is 0. The number of carbonyl (C=O) groups is 1. The number of rotatable bonds is 50. The lowest BCUT2D eigenvalue weighted by atomic mass is 9.65. The van der Waals surface area contributed by atoms with E-state index < -0.39 is 11.5 Å². The minimum Gasteiger partial charge on any atom is -0.480 e. The van der Waals surface area contributed by atoms with Crippen molar-refractivity contribution < 1.29 is 9.90 Å². The summed E-state index contributed by atoms with van der Waals surface area (Å²) in [5.41, 5.74) is 13.7. The zero-order valence-corrected chi connectivity index (χ0v) is 41.2.